The van der Waals surface area contributed by atoms with E-state index >= 15 is 0 Å². The van der Waals surface area contributed by atoms with E-state index < -0.39 is 0 Å². The van der Waals surface area contributed by atoms with E-state index in [1.54, 1.807) is 0 Å². The highest BCUT2D eigenvalue weighted by Gasteiger charge is 2.40. The minimum Gasteiger partial charge on any atom is -0.370 e. The molecular formula is C19H25NO. The van der Waals surface area contributed by atoms with Gasteiger partial charge in [-0.2, -0.15) is 0 Å². The predicted octanol–water partition coefficient (Wildman–Crippen LogP) is 4.83. The normalized spacial score (nSPS) is 24.9. The molecule has 1 saturated heterocycles. The number of nitrogens with zero attached hydrogens (tertiary/aromatic N) is 1. The van der Waals surface area contributed by atoms with Gasteiger partial charge in [-0.05, 0) is 55.7 Å². The molecular weight excluding hydrogens is 258 g/mol. The summed E-state index contributed by atoms with van der Waals surface area (Å²) in [7, 11) is 0. The fraction of sp³-hybridized carbons (Fsp3) is 0.579. The van der Waals surface area contributed by atoms with Crippen molar-refractivity contribution < 1.29 is 4.74 Å². The van der Waals surface area contributed by atoms with Gasteiger partial charge in [-0.25, -0.2) is 0 Å². The van der Waals surface area contributed by atoms with Gasteiger partial charge in [0.1, 0.15) is 0 Å². The van der Waals surface area contributed by atoms with Gasteiger partial charge in [-0.1, -0.05) is 31.4 Å². The van der Waals surface area contributed by atoms with Crippen molar-refractivity contribution in [2.24, 2.45) is 0 Å². The molecule has 0 N–H and O–H groups in total. The highest BCUT2D eigenvalue weighted by Crippen LogP contribution is 2.42. The van der Waals surface area contributed by atoms with Gasteiger partial charge in [0.2, 0.25) is 0 Å². The number of rotatable bonds is 2. The van der Waals surface area contributed by atoms with E-state index in [4.69, 9.17) is 4.74 Å². The van der Waals surface area contributed by atoms with Gasteiger partial charge >= 0.3 is 0 Å². The zero-order chi connectivity index (χ0) is 14.3. The molecule has 0 radical (unpaired) electrons. The van der Waals surface area contributed by atoms with Crippen LogP contribution >= 0.6 is 0 Å². The van der Waals surface area contributed by atoms with Crippen LogP contribution in [-0.2, 0) is 11.3 Å². The van der Waals surface area contributed by atoms with Gasteiger partial charge in [-0.15, -0.1) is 0 Å². The van der Waals surface area contributed by atoms with Crippen LogP contribution in [-0.4, -0.2) is 16.3 Å². The van der Waals surface area contributed by atoms with Gasteiger partial charge < -0.3 is 9.30 Å². The van der Waals surface area contributed by atoms with E-state index in [2.05, 4.69) is 42.0 Å². The molecule has 2 aliphatic rings. The van der Waals surface area contributed by atoms with Crippen LogP contribution < -0.4 is 0 Å². The van der Waals surface area contributed by atoms with E-state index in [1.165, 1.54) is 61.4 Å². The lowest BCUT2D eigenvalue weighted by Crippen LogP contribution is -2.32. The summed E-state index contributed by atoms with van der Waals surface area (Å²) in [4.78, 5) is 0. The SMILES string of the molecule is Cc1ccc2ccn(CC3CCC4(CCCCC4)O3)c2c1. The predicted molar refractivity (Wildman–Crippen MR) is 86.6 cm³/mol. The molecule has 1 spiro atoms. The zero-order valence-corrected chi connectivity index (χ0v) is 13.0. The first-order chi connectivity index (χ1) is 10.2. The maximum Gasteiger partial charge on any atom is 0.0762 e. The van der Waals surface area contributed by atoms with Crippen LogP contribution in [0.5, 0.6) is 0 Å². The molecule has 0 amide bonds. The Morgan fingerprint density at radius 3 is 2.86 bits per heavy atom. The molecule has 1 aliphatic heterocycles. The molecule has 0 bridgehead atoms. The molecule has 1 aromatic carbocycles. The van der Waals surface area contributed by atoms with E-state index in [0.717, 1.165) is 6.54 Å². The minimum atomic E-state index is 0.238. The van der Waals surface area contributed by atoms with Crippen LogP contribution in [0.1, 0.15) is 50.5 Å². The van der Waals surface area contributed by atoms with Gasteiger partial charge in [-0.3, -0.25) is 0 Å². The lowest BCUT2D eigenvalue weighted by molar-refractivity contribution is -0.0676. The number of aromatic nitrogens is 1. The number of ether oxygens (including phenoxy) is 1. The Hall–Kier alpha value is -1.28. The molecule has 1 aliphatic carbocycles. The second-order valence-corrected chi connectivity index (χ2v) is 7.05. The third-order valence-corrected chi connectivity index (χ3v) is 5.43. The Balaban J connectivity index is 1.52. The first kappa shape index (κ1) is 13.4. The van der Waals surface area contributed by atoms with Crippen LogP contribution in [0.2, 0.25) is 0 Å². The second kappa shape index (κ2) is 5.17. The van der Waals surface area contributed by atoms with Crippen molar-refractivity contribution in [3.8, 4) is 0 Å². The van der Waals surface area contributed by atoms with Crippen molar-refractivity contribution in [1.82, 2.24) is 4.57 Å². The monoisotopic (exact) mass is 283 g/mol. The summed E-state index contributed by atoms with van der Waals surface area (Å²) in [6.07, 6.45) is 11.8. The zero-order valence-electron chi connectivity index (χ0n) is 13.0. The maximum absolute atomic E-state index is 6.52. The first-order valence-corrected chi connectivity index (χ1v) is 8.48. The average molecular weight is 283 g/mol. The molecule has 1 saturated carbocycles. The number of fused-ring (bicyclic) bond motifs is 1. The van der Waals surface area contributed by atoms with Gasteiger partial charge in [0.05, 0.1) is 11.7 Å². The average Bonchev–Trinajstić information content (AvgIpc) is 3.06. The Kier molecular flexibility index (Phi) is 3.30. The molecule has 2 heteroatoms. The van der Waals surface area contributed by atoms with Gasteiger partial charge in [0, 0.05) is 18.3 Å². The summed E-state index contributed by atoms with van der Waals surface area (Å²) in [5.41, 5.74) is 2.92. The van der Waals surface area contributed by atoms with Crippen molar-refractivity contribution in [3.05, 3.63) is 36.0 Å². The lowest BCUT2D eigenvalue weighted by Gasteiger charge is -2.33. The van der Waals surface area contributed by atoms with Crippen molar-refractivity contribution in [1.29, 1.82) is 0 Å². The number of aryl methyl sites for hydroxylation is 1. The van der Waals surface area contributed by atoms with Crippen molar-refractivity contribution in [2.75, 3.05) is 0 Å². The smallest absolute Gasteiger partial charge is 0.0762 e. The van der Waals surface area contributed by atoms with Crippen LogP contribution in [0.15, 0.2) is 30.5 Å². The quantitative estimate of drug-likeness (QED) is 0.770. The van der Waals surface area contributed by atoms with E-state index in [9.17, 15) is 0 Å². The Bertz CT molecular complexity index is 636. The molecule has 1 aromatic heterocycles. The highest BCUT2D eigenvalue weighted by molar-refractivity contribution is 5.80. The van der Waals surface area contributed by atoms with Crippen LogP contribution in [0.3, 0.4) is 0 Å². The number of benzene rings is 1. The third-order valence-electron chi connectivity index (χ3n) is 5.43. The van der Waals surface area contributed by atoms with Gasteiger partial charge in [0.15, 0.2) is 0 Å². The topological polar surface area (TPSA) is 14.2 Å². The summed E-state index contributed by atoms with van der Waals surface area (Å²) in [5, 5.41) is 1.34. The van der Waals surface area contributed by atoms with Crippen LogP contribution in [0, 0.1) is 6.92 Å². The van der Waals surface area contributed by atoms with E-state index in [-0.39, 0.29) is 5.60 Å². The van der Waals surface area contributed by atoms with Gasteiger partial charge in [0.25, 0.3) is 0 Å². The largest absolute Gasteiger partial charge is 0.370 e. The van der Waals surface area contributed by atoms with Crippen molar-refractivity contribution >= 4 is 10.9 Å². The summed E-state index contributed by atoms with van der Waals surface area (Å²) in [6, 6.07) is 8.93. The second-order valence-electron chi connectivity index (χ2n) is 7.05. The molecule has 2 fully saturated rings. The Morgan fingerprint density at radius 2 is 2.00 bits per heavy atom. The standard InChI is InChI=1S/C19H25NO/c1-15-5-6-16-8-12-20(18(16)13-15)14-17-7-11-19(21-17)9-3-2-4-10-19/h5-6,8,12-13,17H,2-4,7,9-11,14H2,1H3. The molecule has 2 aromatic rings. The van der Waals surface area contributed by atoms with E-state index in [0.29, 0.717) is 6.10 Å². The number of hydrogen-bond donors (Lipinski definition) is 0. The summed E-state index contributed by atoms with van der Waals surface area (Å²) >= 11 is 0. The van der Waals surface area contributed by atoms with Crippen molar-refractivity contribution in [2.45, 2.75) is 70.1 Å². The third kappa shape index (κ3) is 2.50. The number of hydrogen-bond acceptors (Lipinski definition) is 1. The Labute approximate surface area is 127 Å². The van der Waals surface area contributed by atoms with Crippen LogP contribution in [0.4, 0.5) is 0 Å². The van der Waals surface area contributed by atoms with E-state index in [1.807, 2.05) is 0 Å². The highest BCUT2D eigenvalue weighted by atomic mass is 16.5. The molecule has 1 atom stereocenters. The van der Waals surface area contributed by atoms with Crippen molar-refractivity contribution in [3.63, 3.8) is 0 Å². The molecule has 4 rings (SSSR count). The molecule has 21 heavy (non-hydrogen) atoms. The summed E-state index contributed by atoms with van der Waals surface area (Å²) in [5.74, 6) is 0. The summed E-state index contributed by atoms with van der Waals surface area (Å²) in [6.45, 7) is 3.18. The molecule has 1 unspecified atom stereocenters. The molecule has 2 nitrogen and oxygen atoms in total. The Morgan fingerprint density at radius 1 is 1.14 bits per heavy atom. The minimum absolute atomic E-state index is 0.238. The molecule has 112 valence electrons. The maximum atomic E-state index is 6.52. The lowest BCUT2D eigenvalue weighted by atomic mass is 9.83. The fourth-order valence-electron chi connectivity index (χ4n) is 4.26. The fourth-order valence-corrected chi connectivity index (χ4v) is 4.26. The van der Waals surface area contributed by atoms with Crippen LogP contribution in [0.25, 0.3) is 10.9 Å². The molecule has 2 heterocycles. The first-order valence-electron chi connectivity index (χ1n) is 8.48. The summed E-state index contributed by atoms with van der Waals surface area (Å²) < 4.78 is 8.91.